The van der Waals surface area contributed by atoms with Crippen LogP contribution in [-0.2, 0) is 0 Å². The van der Waals surface area contributed by atoms with Gasteiger partial charge in [-0.25, -0.2) is 9.89 Å². The summed E-state index contributed by atoms with van der Waals surface area (Å²) in [5.74, 6) is 0.771. The highest BCUT2D eigenvalue weighted by molar-refractivity contribution is 5.74. The molecule has 1 aliphatic heterocycles. The Morgan fingerprint density at radius 1 is 1.36 bits per heavy atom. The summed E-state index contributed by atoms with van der Waals surface area (Å²) in [4.78, 5) is 22.5. The van der Waals surface area contributed by atoms with Gasteiger partial charge in [-0.1, -0.05) is 13.8 Å². The summed E-state index contributed by atoms with van der Waals surface area (Å²) in [7, 11) is 4.10. The lowest BCUT2D eigenvalue weighted by Crippen LogP contribution is -2.53. The molecule has 0 bridgehead atoms. The normalized spacial score (nSPS) is 16.2. The van der Waals surface area contributed by atoms with Crippen molar-refractivity contribution in [1.29, 1.82) is 0 Å². The van der Waals surface area contributed by atoms with E-state index in [-0.39, 0.29) is 11.4 Å². The number of amides is 2. The molecule has 1 aliphatic rings. The maximum atomic E-state index is 12.3. The summed E-state index contributed by atoms with van der Waals surface area (Å²) in [5.41, 5.74) is 0.0564. The Bertz CT molecular complexity index is 464. The number of urea groups is 1. The maximum absolute atomic E-state index is 12.3. The molecule has 0 spiro atoms. The highest BCUT2D eigenvalue weighted by Crippen LogP contribution is 2.15. The fraction of sp³-hybridized carbons (Fsp3) is 0.786. The molecular weight excluding hydrogens is 282 g/mol. The van der Waals surface area contributed by atoms with E-state index in [0.29, 0.717) is 19.6 Å². The second-order valence-corrected chi connectivity index (χ2v) is 6.84. The highest BCUT2D eigenvalue weighted by Gasteiger charge is 2.25. The van der Waals surface area contributed by atoms with Crippen LogP contribution >= 0.6 is 0 Å². The number of H-pyrrole nitrogens is 1. The molecule has 1 fully saturated rings. The zero-order valence-corrected chi connectivity index (χ0v) is 14.0. The van der Waals surface area contributed by atoms with E-state index in [0.717, 1.165) is 25.6 Å². The number of hydrogen-bond donors (Lipinski definition) is 2. The van der Waals surface area contributed by atoms with E-state index in [1.54, 1.807) is 0 Å². The van der Waals surface area contributed by atoms with Crippen molar-refractivity contribution < 1.29 is 4.79 Å². The minimum Gasteiger partial charge on any atom is -0.338 e. The molecule has 0 atom stereocenters. The fourth-order valence-electron chi connectivity index (χ4n) is 2.81. The first-order chi connectivity index (χ1) is 10.4. The van der Waals surface area contributed by atoms with Gasteiger partial charge in [0.05, 0.1) is 0 Å². The van der Waals surface area contributed by atoms with Crippen molar-refractivity contribution in [2.45, 2.75) is 13.8 Å². The third kappa shape index (κ3) is 4.59. The molecule has 0 saturated carbocycles. The van der Waals surface area contributed by atoms with Gasteiger partial charge < -0.3 is 20.0 Å². The molecule has 1 aromatic heterocycles. The number of piperazine rings is 1. The Kier molecular flexibility index (Phi) is 5.23. The van der Waals surface area contributed by atoms with Crippen LogP contribution in [0.15, 0.2) is 6.33 Å². The zero-order valence-electron chi connectivity index (χ0n) is 14.0. The lowest BCUT2D eigenvalue weighted by atomic mass is 9.93. The lowest BCUT2D eigenvalue weighted by molar-refractivity contribution is 0.181. The Balaban J connectivity index is 1.75. The summed E-state index contributed by atoms with van der Waals surface area (Å²) >= 11 is 0. The molecular formula is C14H27N7O. The van der Waals surface area contributed by atoms with Crippen LogP contribution in [0.5, 0.6) is 0 Å². The lowest BCUT2D eigenvalue weighted by Gasteiger charge is -2.35. The summed E-state index contributed by atoms with van der Waals surface area (Å²) in [5, 5.41) is 9.77. The monoisotopic (exact) mass is 309 g/mol. The zero-order chi connectivity index (χ0) is 16.2. The van der Waals surface area contributed by atoms with Crippen LogP contribution in [0.1, 0.15) is 13.8 Å². The smallest absolute Gasteiger partial charge is 0.317 e. The first-order valence-corrected chi connectivity index (χ1v) is 7.65. The SMILES string of the molecule is CN(C)CC(C)(C)CNC(=O)N1CCN(c2ncn[nH]2)CC1. The fourth-order valence-corrected chi connectivity index (χ4v) is 2.81. The molecule has 0 aliphatic carbocycles. The van der Waals surface area contributed by atoms with Crippen molar-refractivity contribution in [2.75, 3.05) is 58.3 Å². The van der Waals surface area contributed by atoms with Crippen molar-refractivity contribution in [3.63, 3.8) is 0 Å². The quantitative estimate of drug-likeness (QED) is 0.813. The van der Waals surface area contributed by atoms with Gasteiger partial charge in [0.1, 0.15) is 6.33 Å². The van der Waals surface area contributed by atoms with Crippen molar-refractivity contribution in [3.05, 3.63) is 6.33 Å². The molecule has 2 N–H and O–H groups in total. The van der Waals surface area contributed by atoms with E-state index >= 15 is 0 Å². The summed E-state index contributed by atoms with van der Waals surface area (Å²) < 4.78 is 0. The van der Waals surface area contributed by atoms with Gasteiger partial charge in [-0.15, -0.1) is 0 Å². The van der Waals surface area contributed by atoms with Crippen LogP contribution in [0, 0.1) is 5.41 Å². The van der Waals surface area contributed by atoms with Gasteiger partial charge >= 0.3 is 6.03 Å². The standard InChI is InChI=1S/C14H27N7O/c1-14(2,10-19(3)4)9-15-13(22)21-7-5-20(6-8-21)12-16-11-17-18-12/h11H,5-10H2,1-4H3,(H,15,22)(H,16,17,18). The molecule has 124 valence electrons. The van der Waals surface area contributed by atoms with E-state index in [4.69, 9.17) is 0 Å². The van der Waals surface area contributed by atoms with Crippen LogP contribution < -0.4 is 10.2 Å². The Morgan fingerprint density at radius 2 is 2.05 bits per heavy atom. The van der Waals surface area contributed by atoms with E-state index in [1.165, 1.54) is 6.33 Å². The molecule has 0 radical (unpaired) electrons. The van der Waals surface area contributed by atoms with Crippen LogP contribution in [0.2, 0.25) is 0 Å². The number of hydrogen-bond acceptors (Lipinski definition) is 5. The number of anilines is 1. The molecule has 0 aromatic carbocycles. The predicted octanol–water partition coefficient (Wildman–Crippen LogP) is 0.224. The van der Waals surface area contributed by atoms with Crippen LogP contribution in [0.3, 0.4) is 0 Å². The predicted molar refractivity (Wildman–Crippen MR) is 85.9 cm³/mol. The van der Waals surface area contributed by atoms with Gasteiger partial charge in [0, 0.05) is 39.3 Å². The second kappa shape index (κ2) is 6.95. The molecule has 2 heterocycles. The number of carbonyl (C=O) groups is 1. The number of aromatic nitrogens is 3. The molecule has 1 aromatic rings. The third-order valence-electron chi connectivity index (χ3n) is 3.73. The molecule has 1 saturated heterocycles. The van der Waals surface area contributed by atoms with E-state index < -0.39 is 0 Å². The largest absolute Gasteiger partial charge is 0.338 e. The first kappa shape index (κ1) is 16.5. The molecule has 8 nitrogen and oxygen atoms in total. The van der Waals surface area contributed by atoms with Gasteiger partial charge in [-0.05, 0) is 19.5 Å². The van der Waals surface area contributed by atoms with Crippen LogP contribution in [0.4, 0.5) is 10.7 Å². The van der Waals surface area contributed by atoms with Crippen LogP contribution in [-0.4, -0.2) is 84.4 Å². The van der Waals surface area contributed by atoms with Gasteiger partial charge in [-0.3, -0.25) is 0 Å². The van der Waals surface area contributed by atoms with E-state index in [2.05, 4.69) is 44.1 Å². The number of nitrogens with one attached hydrogen (secondary N) is 2. The van der Waals surface area contributed by atoms with Gasteiger partial charge in [-0.2, -0.15) is 10.1 Å². The minimum atomic E-state index is 0.0176. The summed E-state index contributed by atoms with van der Waals surface area (Å²) in [6, 6.07) is 0.0176. The van der Waals surface area contributed by atoms with E-state index in [9.17, 15) is 4.79 Å². The van der Waals surface area contributed by atoms with Crippen molar-refractivity contribution >= 4 is 12.0 Å². The summed E-state index contributed by atoms with van der Waals surface area (Å²) in [6.45, 7) is 8.86. The molecule has 8 heteroatoms. The van der Waals surface area contributed by atoms with Crippen molar-refractivity contribution in [1.82, 2.24) is 30.3 Å². The Labute approximate surface area is 131 Å². The molecule has 22 heavy (non-hydrogen) atoms. The van der Waals surface area contributed by atoms with Crippen LogP contribution in [0.25, 0.3) is 0 Å². The second-order valence-electron chi connectivity index (χ2n) is 6.84. The van der Waals surface area contributed by atoms with Gasteiger partial charge in [0.15, 0.2) is 0 Å². The van der Waals surface area contributed by atoms with Crippen molar-refractivity contribution in [2.24, 2.45) is 5.41 Å². The number of nitrogens with zero attached hydrogens (tertiary/aromatic N) is 5. The van der Waals surface area contributed by atoms with Crippen molar-refractivity contribution in [3.8, 4) is 0 Å². The Morgan fingerprint density at radius 3 is 2.59 bits per heavy atom. The first-order valence-electron chi connectivity index (χ1n) is 7.65. The molecule has 2 rings (SSSR count). The Hall–Kier alpha value is -1.83. The third-order valence-corrected chi connectivity index (χ3v) is 3.73. The summed E-state index contributed by atoms with van der Waals surface area (Å²) in [6.07, 6.45) is 1.50. The number of aromatic amines is 1. The number of carbonyl (C=O) groups excluding carboxylic acids is 1. The maximum Gasteiger partial charge on any atom is 0.317 e. The van der Waals surface area contributed by atoms with Gasteiger partial charge in [0.2, 0.25) is 5.95 Å². The molecule has 2 amide bonds. The van der Waals surface area contributed by atoms with Gasteiger partial charge in [0.25, 0.3) is 0 Å². The average Bonchev–Trinajstić information content (AvgIpc) is 2.98. The molecule has 0 unspecified atom stereocenters. The average molecular weight is 309 g/mol. The van der Waals surface area contributed by atoms with E-state index in [1.807, 2.05) is 19.0 Å². The topological polar surface area (TPSA) is 80.4 Å². The minimum absolute atomic E-state index is 0.0176. The highest BCUT2D eigenvalue weighted by atomic mass is 16.2. The number of rotatable bonds is 5.